The van der Waals surface area contributed by atoms with Crippen molar-refractivity contribution in [3.05, 3.63) is 28.2 Å². The lowest BCUT2D eigenvalue weighted by Gasteiger charge is -2.25. The van der Waals surface area contributed by atoms with E-state index < -0.39 is 0 Å². The molecule has 1 aromatic carbocycles. The number of benzene rings is 1. The summed E-state index contributed by atoms with van der Waals surface area (Å²) in [7, 11) is 0. The number of anilines is 1. The highest BCUT2D eigenvalue weighted by Gasteiger charge is 2.30. The second-order valence-electron chi connectivity index (χ2n) is 5.24. The Balaban J connectivity index is 2.01. The summed E-state index contributed by atoms with van der Waals surface area (Å²) >= 11 is 11.9. The third-order valence-electron chi connectivity index (χ3n) is 3.52. The summed E-state index contributed by atoms with van der Waals surface area (Å²) in [6.45, 7) is 3.51. The zero-order valence-corrected chi connectivity index (χ0v) is 13.9. The summed E-state index contributed by atoms with van der Waals surface area (Å²) in [5, 5.41) is 6.48. The smallest absolute Gasteiger partial charge is 0.238 e. The van der Waals surface area contributed by atoms with Crippen molar-refractivity contribution in [3.8, 4) is 0 Å². The molecule has 22 heavy (non-hydrogen) atoms. The molecule has 0 spiro atoms. The van der Waals surface area contributed by atoms with Crippen LogP contribution in [0.2, 0.25) is 10.0 Å². The summed E-state index contributed by atoms with van der Waals surface area (Å²) in [5.41, 5.74) is 0.478. The van der Waals surface area contributed by atoms with Crippen LogP contribution in [0.3, 0.4) is 0 Å². The molecule has 1 fully saturated rings. The zero-order chi connectivity index (χ0) is 16.1. The van der Waals surface area contributed by atoms with Gasteiger partial charge >= 0.3 is 0 Å². The van der Waals surface area contributed by atoms with Crippen molar-refractivity contribution >= 4 is 40.7 Å². The molecule has 1 heterocycles. The molecule has 0 radical (unpaired) electrons. The Labute approximate surface area is 139 Å². The van der Waals surface area contributed by atoms with Gasteiger partial charge in [0.05, 0.1) is 23.3 Å². The zero-order valence-electron chi connectivity index (χ0n) is 12.4. The lowest BCUT2D eigenvalue weighted by molar-refractivity contribution is -0.125. The predicted octanol–water partition coefficient (Wildman–Crippen LogP) is 2.53. The third kappa shape index (κ3) is 4.35. The van der Waals surface area contributed by atoms with E-state index in [9.17, 15) is 9.59 Å². The number of carbonyl (C=O) groups excluding carboxylic acids is 2. The van der Waals surface area contributed by atoms with Crippen LogP contribution in [0.25, 0.3) is 0 Å². The molecule has 0 unspecified atom stereocenters. The highest BCUT2D eigenvalue weighted by molar-refractivity contribution is 6.35. The molecular weight excluding hydrogens is 325 g/mol. The van der Waals surface area contributed by atoms with Crippen LogP contribution in [0.5, 0.6) is 0 Å². The molecule has 1 aliphatic heterocycles. The molecule has 1 aliphatic rings. The van der Waals surface area contributed by atoms with Gasteiger partial charge in [0.1, 0.15) is 0 Å². The van der Waals surface area contributed by atoms with Crippen LogP contribution in [0.4, 0.5) is 5.69 Å². The van der Waals surface area contributed by atoms with Crippen molar-refractivity contribution in [3.63, 3.8) is 0 Å². The molecule has 0 aromatic heterocycles. The van der Waals surface area contributed by atoms with Crippen molar-refractivity contribution in [1.29, 1.82) is 0 Å². The van der Waals surface area contributed by atoms with Gasteiger partial charge in [0.25, 0.3) is 0 Å². The van der Waals surface area contributed by atoms with E-state index in [1.165, 1.54) is 0 Å². The number of halogens is 2. The maximum atomic E-state index is 12.2. The third-order valence-corrected chi connectivity index (χ3v) is 4.09. The molecule has 7 heteroatoms. The fourth-order valence-corrected chi connectivity index (χ4v) is 2.87. The standard InChI is InChI=1S/C15H19Cl2N3O2/c1-2-7-20(13-5-6-18-15(13)22)9-14(21)19-12-8-10(16)3-4-11(12)17/h3-4,8,13H,2,5-7,9H2,1H3,(H,18,22)(H,19,21)/t13-/m0/s1. The van der Waals surface area contributed by atoms with E-state index in [-0.39, 0.29) is 24.4 Å². The van der Waals surface area contributed by atoms with Crippen LogP contribution in [0, 0.1) is 0 Å². The quantitative estimate of drug-likeness (QED) is 0.834. The Bertz CT molecular complexity index is 566. The molecule has 1 aromatic rings. The lowest BCUT2D eigenvalue weighted by Crippen LogP contribution is -2.45. The number of amides is 2. The van der Waals surface area contributed by atoms with Crippen molar-refractivity contribution in [2.75, 3.05) is 25.0 Å². The van der Waals surface area contributed by atoms with Crippen molar-refractivity contribution in [1.82, 2.24) is 10.2 Å². The average Bonchev–Trinajstić information content (AvgIpc) is 2.88. The normalized spacial score (nSPS) is 17.6. The summed E-state index contributed by atoms with van der Waals surface area (Å²) < 4.78 is 0. The van der Waals surface area contributed by atoms with Crippen LogP contribution in [-0.2, 0) is 9.59 Å². The Kier molecular flexibility index (Phi) is 6.06. The van der Waals surface area contributed by atoms with Gasteiger partial charge in [-0.05, 0) is 37.6 Å². The van der Waals surface area contributed by atoms with Crippen LogP contribution < -0.4 is 10.6 Å². The number of hydrogen-bond donors (Lipinski definition) is 2. The number of rotatable bonds is 6. The van der Waals surface area contributed by atoms with Gasteiger partial charge in [-0.25, -0.2) is 0 Å². The second-order valence-corrected chi connectivity index (χ2v) is 6.08. The Morgan fingerprint density at radius 2 is 2.23 bits per heavy atom. The van der Waals surface area contributed by atoms with Gasteiger partial charge < -0.3 is 10.6 Å². The van der Waals surface area contributed by atoms with E-state index in [2.05, 4.69) is 10.6 Å². The first-order chi connectivity index (χ1) is 10.5. The SMILES string of the molecule is CCCN(CC(=O)Nc1cc(Cl)ccc1Cl)[C@H]1CCNC1=O. The van der Waals surface area contributed by atoms with Crippen molar-refractivity contribution < 1.29 is 9.59 Å². The Morgan fingerprint density at radius 1 is 1.45 bits per heavy atom. The van der Waals surface area contributed by atoms with E-state index in [1.807, 2.05) is 11.8 Å². The molecule has 0 saturated carbocycles. The summed E-state index contributed by atoms with van der Waals surface area (Å²) in [5.74, 6) is -0.223. The number of nitrogens with zero attached hydrogens (tertiary/aromatic N) is 1. The van der Waals surface area contributed by atoms with Crippen LogP contribution in [-0.4, -0.2) is 42.4 Å². The first-order valence-electron chi connectivity index (χ1n) is 7.28. The first-order valence-corrected chi connectivity index (χ1v) is 8.03. The molecule has 120 valence electrons. The van der Waals surface area contributed by atoms with Gasteiger partial charge in [0.15, 0.2) is 0 Å². The van der Waals surface area contributed by atoms with E-state index in [1.54, 1.807) is 18.2 Å². The molecule has 1 saturated heterocycles. The van der Waals surface area contributed by atoms with Gasteiger partial charge in [0.2, 0.25) is 11.8 Å². The monoisotopic (exact) mass is 343 g/mol. The van der Waals surface area contributed by atoms with Gasteiger partial charge in [-0.3, -0.25) is 14.5 Å². The molecule has 0 bridgehead atoms. The summed E-state index contributed by atoms with van der Waals surface area (Å²) in [4.78, 5) is 25.9. The minimum absolute atomic E-state index is 0.0120. The first kappa shape index (κ1) is 17.1. The van der Waals surface area contributed by atoms with Crippen LogP contribution >= 0.6 is 23.2 Å². The minimum Gasteiger partial charge on any atom is -0.355 e. The summed E-state index contributed by atoms with van der Waals surface area (Å²) in [6, 6.07) is 4.66. The lowest BCUT2D eigenvalue weighted by atomic mass is 10.2. The molecule has 2 rings (SSSR count). The van der Waals surface area contributed by atoms with E-state index in [4.69, 9.17) is 23.2 Å². The van der Waals surface area contributed by atoms with E-state index in [0.717, 1.165) is 12.8 Å². The largest absolute Gasteiger partial charge is 0.355 e. The minimum atomic E-state index is -0.236. The molecule has 0 aliphatic carbocycles. The van der Waals surface area contributed by atoms with Gasteiger partial charge in [-0.15, -0.1) is 0 Å². The van der Waals surface area contributed by atoms with E-state index in [0.29, 0.717) is 28.8 Å². The molecule has 1 atom stereocenters. The highest BCUT2D eigenvalue weighted by atomic mass is 35.5. The molecule has 2 N–H and O–H groups in total. The Morgan fingerprint density at radius 3 is 2.86 bits per heavy atom. The van der Waals surface area contributed by atoms with Gasteiger partial charge in [-0.2, -0.15) is 0 Å². The van der Waals surface area contributed by atoms with Crippen LogP contribution in [0.15, 0.2) is 18.2 Å². The molecule has 2 amide bonds. The number of hydrogen-bond acceptors (Lipinski definition) is 3. The Hall–Kier alpha value is -1.30. The van der Waals surface area contributed by atoms with E-state index >= 15 is 0 Å². The van der Waals surface area contributed by atoms with Crippen molar-refractivity contribution in [2.24, 2.45) is 0 Å². The average molecular weight is 344 g/mol. The number of nitrogens with one attached hydrogen (secondary N) is 2. The maximum Gasteiger partial charge on any atom is 0.238 e. The maximum absolute atomic E-state index is 12.2. The summed E-state index contributed by atoms with van der Waals surface area (Å²) in [6.07, 6.45) is 1.60. The van der Waals surface area contributed by atoms with Crippen molar-refractivity contribution in [2.45, 2.75) is 25.8 Å². The second kappa shape index (κ2) is 7.81. The molecule has 5 nitrogen and oxygen atoms in total. The fourth-order valence-electron chi connectivity index (χ4n) is 2.53. The van der Waals surface area contributed by atoms with Crippen LogP contribution in [0.1, 0.15) is 19.8 Å². The molecular formula is C15H19Cl2N3O2. The fraction of sp³-hybridized carbons (Fsp3) is 0.467. The van der Waals surface area contributed by atoms with Gasteiger partial charge in [-0.1, -0.05) is 30.1 Å². The number of carbonyl (C=O) groups is 2. The predicted molar refractivity (Wildman–Crippen MR) is 88.4 cm³/mol. The topological polar surface area (TPSA) is 61.4 Å². The highest BCUT2D eigenvalue weighted by Crippen LogP contribution is 2.25. The van der Waals surface area contributed by atoms with Gasteiger partial charge in [0, 0.05) is 11.6 Å².